The van der Waals surface area contributed by atoms with E-state index in [1.807, 2.05) is 35.9 Å². The molecule has 0 radical (unpaired) electrons. The number of hydrogen-bond donors (Lipinski definition) is 0. The first kappa shape index (κ1) is 9.93. The monoisotopic (exact) mass is 314 g/mol. The maximum absolute atomic E-state index is 4.33. The van der Waals surface area contributed by atoms with Gasteiger partial charge >= 0.3 is 0 Å². The molecule has 0 bridgehead atoms. The summed E-state index contributed by atoms with van der Waals surface area (Å²) in [7, 11) is 1.98. The molecule has 0 saturated heterocycles. The summed E-state index contributed by atoms with van der Waals surface area (Å²) in [5.74, 6) is 0.948. The van der Waals surface area contributed by atoms with Crippen LogP contribution in [0.2, 0.25) is 0 Å². The van der Waals surface area contributed by atoms with E-state index in [4.69, 9.17) is 0 Å². The number of benzene rings is 1. The van der Waals surface area contributed by atoms with Gasteiger partial charge in [-0.05, 0) is 22.0 Å². The van der Waals surface area contributed by atoms with Crippen molar-refractivity contribution >= 4 is 31.9 Å². The van der Waals surface area contributed by atoms with E-state index in [9.17, 15) is 0 Å². The quantitative estimate of drug-likeness (QED) is 0.786. The standard InChI is InChI=1S/C10H8Br2N2/c1-14-9(12)6-13-10(14)7-4-2-3-5-8(7)11/h2-6H,1H3. The maximum atomic E-state index is 4.33. The Morgan fingerprint density at radius 3 is 2.50 bits per heavy atom. The van der Waals surface area contributed by atoms with Crippen LogP contribution in [0.1, 0.15) is 0 Å². The third-order valence-electron chi connectivity index (χ3n) is 2.05. The van der Waals surface area contributed by atoms with Gasteiger partial charge < -0.3 is 4.57 Å². The minimum atomic E-state index is 0.948. The van der Waals surface area contributed by atoms with Gasteiger partial charge in [-0.3, -0.25) is 0 Å². The van der Waals surface area contributed by atoms with E-state index >= 15 is 0 Å². The van der Waals surface area contributed by atoms with E-state index in [1.54, 1.807) is 6.20 Å². The van der Waals surface area contributed by atoms with Gasteiger partial charge in [0, 0.05) is 17.1 Å². The highest BCUT2D eigenvalue weighted by atomic mass is 79.9. The maximum Gasteiger partial charge on any atom is 0.141 e. The van der Waals surface area contributed by atoms with Crippen LogP contribution in [0.25, 0.3) is 11.4 Å². The summed E-state index contributed by atoms with van der Waals surface area (Å²) in [6.45, 7) is 0. The molecule has 0 aliphatic heterocycles. The Kier molecular flexibility index (Phi) is 2.74. The summed E-state index contributed by atoms with van der Waals surface area (Å²) in [5.41, 5.74) is 1.10. The summed E-state index contributed by atoms with van der Waals surface area (Å²) in [6.07, 6.45) is 1.80. The van der Waals surface area contributed by atoms with Gasteiger partial charge in [-0.1, -0.05) is 34.1 Å². The third kappa shape index (κ3) is 1.64. The molecule has 0 N–H and O–H groups in total. The number of hydrogen-bond acceptors (Lipinski definition) is 1. The van der Waals surface area contributed by atoms with Gasteiger partial charge in [-0.2, -0.15) is 0 Å². The van der Waals surface area contributed by atoms with Gasteiger partial charge in [0.05, 0.1) is 6.20 Å². The molecule has 0 aliphatic rings. The zero-order valence-corrected chi connectivity index (χ0v) is 10.7. The largest absolute Gasteiger partial charge is 0.322 e. The fourth-order valence-corrected chi connectivity index (χ4v) is 2.01. The van der Waals surface area contributed by atoms with Crippen molar-refractivity contribution in [2.75, 3.05) is 0 Å². The zero-order valence-electron chi connectivity index (χ0n) is 7.54. The lowest BCUT2D eigenvalue weighted by Crippen LogP contribution is -1.93. The van der Waals surface area contributed by atoms with E-state index < -0.39 is 0 Å². The number of nitrogens with zero attached hydrogens (tertiary/aromatic N) is 2. The van der Waals surface area contributed by atoms with Gasteiger partial charge in [0.15, 0.2) is 0 Å². The number of halogens is 2. The topological polar surface area (TPSA) is 17.8 Å². The van der Waals surface area contributed by atoms with Gasteiger partial charge in [0.2, 0.25) is 0 Å². The van der Waals surface area contributed by atoms with Crippen molar-refractivity contribution in [3.8, 4) is 11.4 Å². The molecular weight excluding hydrogens is 308 g/mol. The van der Waals surface area contributed by atoms with Crippen LogP contribution < -0.4 is 0 Å². The Balaban J connectivity index is 2.60. The molecule has 0 saturated carbocycles. The zero-order chi connectivity index (χ0) is 10.1. The van der Waals surface area contributed by atoms with Crippen molar-refractivity contribution in [2.45, 2.75) is 0 Å². The molecule has 1 aromatic heterocycles. The highest BCUT2D eigenvalue weighted by Crippen LogP contribution is 2.28. The van der Waals surface area contributed by atoms with Crippen LogP contribution in [-0.2, 0) is 7.05 Å². The van der Waals surface area contributed by atoms with E-state index in [0.717, 1.165) is 20.5 Å². The van der Waals surface area contributed by atoms with Gasteiger partial charge in [0.1, 0.15) is 10.4 Å². The van der Waals surface area contributed by atoms with Crippen LogP contribution in [0.15, 0.2) is 39.5 Å². The average molecular weight is 316 g/mol. The molecule has 2 rings (SSSR count). The highest BCUT2D eigenvalue weighted by molar-refractivity contribution is 9.10. The normalized spacial score (nSPS) is 10.5. The lowest BCUT2D eigenvalue weighted by molar-refractivity contribution is 0.901. The molecule has 0 aliphatic carbocycles. The molecule has 0 fully saturated rings. The third-order valence-corrected chi connectivity index (χ3v) is 3.47. The van der Waals surface area contributed by atoms with Gasteiger partial charge in [0.25, 0.3) is 0 Å². The molecule has 72 valence electrons. The Morgan fingerprint density at radius 1 is 1.21 bits per heavy atom. The smallest absolute Gasteiger partial charge is 0.141 e. The lowest BCUT2D eigenvalue weighted by Gasteiger charge is -2.04. The average Bonchev–Trinajstić information content (AvgIpc) is 2.49. The summed E-state index contributed by atoms with van der Waals surface area (Å²) in [6, 6.07) is 8.05. The first-order chi connectivity index (χ1) is 6.70. The lowest BCUT2D eigenvalue weighted by atomic mass is 10.2. The fourth-order valence-electron chi connectivity index (χ4n) is 1.28. The van der Waals surface area contributed by atoms with Crippen LogP contribution >= 0.6 is 31.9 Å². The summed E-state index contributed by atoms with van der Waals surface area (Å²) < 4.78 is 4.03. The second-order valence-electron chi connectivity index (χ2n) is 2.94. The minimum Gasteiger partial charge on any atom is -0.322 e. The second-order valence-corrected chi connectivity index (χ2v) is 4.61. The number of rotatable bonds is 1. The fraction of sp³-hybridized carbons (Fsp3) is 0.100. The van der Waals surface area contributed by atoms with Crippen molar-refractivity contribution < 1.29 is 0 Å². The first-order valence-electron chi connectivity index (χ1n) is 4.12. The van der Waals surface area contributed by atoms with Crippen LogP contribution in [-0.4, -0.2) is 9.55 Å². The van der Waals surface area contributed by atoms with Crippen molar-refractivity contribution in [3.05, 3.63) is 39.5 Å². The Bertz CT molecular complexity index is 463. The van der Waals surface area contributed by atoms with E-state index in [0.29, 0.717) is 0 Å². The molecule has 0 spiro atoms. The molecule has 1 aromatic carbocycles. The van der Waals surface area contributed by atoms with Crippen molar-refractivity contribution in [3.63, 3.8) is 0 Å². The van der Waals surface area contributed by atoms with Gasteiger partial charge in [-0.25, -0.2) is 4.98 Å². The van der Waals surface area contributed by atoms with E-state index in [2.05, 4.69) is 36.8 Å². The Hall–Kier alpha value is -0.610. The highest BCUT2D eigenvalue weighted by Gasteiger charge is 2.08. The molecule has 4 heteroatoms. The van der Waals surface area contributed by atoms with Crippen molar-refractivity contribution in [1.29, 1.82) is 0 Å². The molecule has 0 amide bonds. The molecule has 0 unspecified atom stereocenters. The Morgan fingerprint density at radius 2 is 1.93 bits per heavy atom. The first-order valence-corrected chi connectivity index (χ1v) is 5.71. The number of aromatic nitrogens is 2. The predicted molar refractivity (Wildman–Crippen MR) is 64.0 cm³/mol. The molecule has 1 heterocycles. The van der Waals surface area contributed by atoms with Crippen molar-refractivity contribution in [1.82, 2.24) is 9.55 Å². The molecule has 2 nitrogen and oxygen atoms in total. The van der Waals surface area contributed by atoms with E-state index in [1.165, 1.54) is 0 Å². The minimum absolute atomic E-state index is 0.948. The summed E-state index contributed by atoms with van der Waals surface area (Å²) in [4.78, 5) is 4.33. The van der Waals surface area contributed by atoms with E-state index in [-0.39, 0.29) is 0 Å². The van der Waals surface area contributed by atoms with Crippen LogP contribution in [0, 0.1) is 0 Å². The molecular formula is C10H8Br2N2. The van der Waals surface area contributed by atoms with Crippen LogP contribution in [0.4, 0.5) is 0 Å². The molecule has 14 heavy (non-hydrogen) atoms. The second kappa shape index (κ2) is 3.87. The SMILES string of the molecule is Cn1c(Br)cnc1-c1ccccc1Br. The summed E-state index contributed by atoms with van der Waals surface area (Å²) in [5, 5.41) is 0. The predicted octanol–water partition coefficient (Wildman–Crippen LogP) is 3.61. The molecule has 2 aromatic rings. The Labute approximate surface area is 99.2 Å². The summed E-state index contributed by atoms with van der Waals surface area (Å²) >= 11 is 6.93. The van der Waals surface area contributed by atoms with Gasteiger partial charge in [-0.15, -0.1) is 0 Å². The van der Waals surface area contributed by atoms with Crippen molar-refractivity contribution in [2.24, 2.45) is 7.05 Å². The molecule has 0 atom stereocenters. The van der Waals surface area contributed by atoms with Crippen LogP contribution in [0.3, 0.4) is 0 Å². The number of imidazole rings is 1. The van der Waals surface area contributed by atoms with Crippen LogP contribution in [0.5, 0.6) is 0 Å².